The smallest absolute Gasteiger partial charge is 0.138 e. The van der Waals surface area contributed by atoms with Crippen LogP contribution in [0.2, 0.25) is 0 Å². The predicted octanol–water partition coefficient (Wildman–Crippen LogP) is 3.13. The quantitative estimate of drug-likeness (QED) is 0.765. The summed E-state index contributed by atoms with van der Waals surface area (Å²) >= 11 is 0. The van der Waals surface area contributed by atoms with Crippen LogP contribution in [0, 0.1) is 6.92 Å². The number of hydrogen-bond donors (Lipinski definition) is 1. The van der Waals surface area contributed by atoms with Gasteiger partial charge >= 0.3 is 0 Å². The maximum atomic E-state index is 9.85. The number of hydrogen-bond acceptors (Lipinski definition) is 2. The first-order valence-corrected chi connectivity index (χ1v) is 5.35. The first kappa shape index (κ1) is 8.72. The normalized spacial score (nSPS) is 15.8. The van der Waals surface area contributed by atoms with Gasteiger partial charge in [0.15, 0.2) is 0 Å². The van der Waals surface area contributed by atoms with Crippen LogP contribution in [0.4, 0.5) is 0 Å². The lowest BCUT2D eigenvalue weighted by atomic mass is 10.1. The van der Waals surface area contributed by atoms with Crippen molar-refractivity contribution in [3.05, 3.63) is 35.5 Å². The standard InChI is InChI=1S/C13H13NO/c1-8-3-2-4-10-7-11(15)13(9-5-6-9)14-12(8)10/h2-4,7,9,15H,5-6H2,1H3. The molecule has 2 nitrogen and oxygen atoms in total. The number of pyridine rings is 1. The number of benzene rings is 1. The second kappa shape index (κ2) is 2.96. The van der Waals surface area contributed by atoms with Crippen molar-refractivity contribution in [3.8, 4) is 5.75 Å². The molecule has 76 valence electrons. The molecule has 2 aromatic rings. The van der Waals surface area contributed by atoms with Crippen LogP contribution in [0.25, 0.3) is 10.9 Å². The lowest BCUT2D eigenvalue weighted by Gasteiger charge is -2.06. The van der Waals surface area contributed by atoms with E-state index >= 15 is 0 Å². The van der Waals surface area contributed by atoms with Gasteiger partial charge in [-0.25, -0.2) is 4.98 Å². The van der Waals surface area contributed by atoms with Crippen molar-refractivity contribution in [2.24, 2.45) is 0 Å². The molecule has 0 radical (unpaired) electrons. The van der Waals surface area contributed by atoms with E-state index in [-0.39, 0.29) is 0 Å². The first-order chi connectivity index (χ1) is 7.25. The summed E-state index contributed by atoms with van der Waals surface area (Å²) in [7, 11) is 0. The average molecular weight is 199 g/mol. The van der Waals surface area contributed by atoms with E-state index in [9.17, 15) is 5.11 Å². The molecule has 1 heterocycles. The van der Waals surface area contributed by atoms with Gasteiger partial charge < -0.3 is 5.11 Å². The van der Waals surface area contributed by atoms with Gasteiger partial charge in [-0.15, -0.1) is 0 Å². The van der Waals surface area contributed by atoms with Crippen molar-refractivity contribution in [3.63, 3.8) is 0 Å². The molecule has 1 aliphatic rings. The Hall–Kier alpha value is -1.57. The third-order valence-electron chi connectivity index (χ3n) is 3.02. The van der Waals surface area contributed by atoms with Crippen LogP contribution in [-0.2, 0) is 0 Å². The fourth-order valence-corrected chi connectivity index (χ4v) is 2.01. The Kier molecular flexibility index (Phi) is 1.72. The molecule has 1 fully saturated rings. The molecular formula is C13H13NO. The van der Waals surface area contributed by atoms with Crippen molar-refractivity contribution in [1.82, 2.24) is 4.98 Å². The molecule has 0 amide bonds. The lowest BCUT2D eigenvalue weighted by molar-refractivity contribution is 0.465. The van der Waals surface area contributed by atoms with Gasteiger partial charge in [-0.05, 0) is 31.4 Å². The number of rotatable bonds is 1. The Morgan fingerprint density at radius 3 is 2.87 bits per heavy atom. The highest BCUT2D eigenvalue weighted by atomic mass is 16.3. The molecule has 0 bridgehead atoms. The molecule has 2 heteroatoms. The molecule has 3 rings (SSSR count). The molecule has 0 spiro atoms. The highest BCUT2D eigenvalue weighted by molar-refractivity contribution is 5.83. The van der Waals surface area contributed by atoms with Crippen LogP contribution in [0.3, 0.4) is 0 Å². The maximum absolute atomic E-state index is 9.85. The molecule has 15 heavy (non-hydrogen) atoms. The van der Waals surface area contributed by atoms with Gasteiger partial charge in [0.25, 0.3) is 0 Å². The van der Waals surface area contributed by atoms with E-state index in [0.29, 0.717) is 11.7 Å². The minimum Gasteiger partial charge on any atom is -0.506 e. The number of aromatic hydroxyl groups is 1. The van der Waals surface area contributed by atoms with Crippen LogP contribution >= 0.6 is 0 Å². The van der Waals surface area contributed by atoms with Crippen LogP contribution in [0.1, 0.15) is 30.0 Å². The van der Waals surface area contributed by atoms with Gasteiger partial charge in [0, 0.05) is 11.3 Å². The Morgan fingerprint density at radius 1 is 1.33 bits per heavy atom. The topological polar surface area (TPSA) is 33.1 Å². The largest absolute Gasteiger partial charge is 0.506 e. The second-order valence-electron chi connectivity index (χ2n) is 4.31. The van der Waals surface area contributed by atoms with Gasteiger partial charge in [0.1, 0.15) is 5.75 Å². The van der Waals surface area contributed by atoms with E-state index < -0.39 is 0 Å². The molecule has 0 unspecified atom stereocenters. The van der Waals surface area contributed by atoms with E-state index in [0.717, 1.165) is 29.4 Å². The summed E-state index contributed by atoms with van der Waals surface area (Å²) < 4.78 is 0. The summed E-state index contributed by atoms with van der Waals surface area (Å²) in [5.74, 6) is 0.851. The third kappa shape index (κ3) is 1.37. The van der Waals surface area contributed by atoms with Crippen molar-refractivity contribution in [2.45, 2.75) is 25.7 Å². The molecular weight excluding hydrogens is 186 g/mol. The fourth-order valence-electron chi connectivity index (χ4n) is 2.01. The minimum absolute atomic E-state index is 0.357. The Morgan fingerprint density at radius 2 is 2.13 bits per heavy atom. The SMILES string of the molecule is Cc1cccc2cc(O)c(C3CC3)nc12. The molecule has 1 saturated carbocycles. The maximum Gasteiger partial charge on any atom is 0.138 e. The number of fused-ring (bicyclic) bond motifs is 1. The van der Waals surface area contributed by atoms with Gasteiger partial charge in [-0.3, -0.25) is 0 Å². The molecule has 1 aromatic carbocycles. The average Bonchev–Trinajstić information content (AvgIpc) is 3.01. The van der Waals surface area contributed by atoms with Crippen LogP contribution in [0.5, 0.6) is 5.75 Å². The molecule has 1 aromatic heterocycles. The van der Waals surface area contributed by atoms with E-state index in [1.807, 2.05) is 18.2 Å². The Labute approximate surface area is 88.6 Å². The number of aryl methyl sites for hydroxylation is 1. The summed E-state index contributed by atoms with van der Waals surface area (Å²) in [5, 5.41) is 10.9. The third-order valence-corrected chi connectivity index (χ3v) is 3.02. The fraction of sp³-hybridized carbons (Fsp3) is 0.308. The van der Waals surface area contributed by atoms with E-state index in [2.05, 4.69) is 18.0 Å². The van der Waals surface area contributed by atoms with Gasteiger partial charge in [0.05, 0.1) is 11.2 Å². The predicted molar refractivity (Wildman–Crippen MR) is 60.1 cm³/mol. The van der Waals surface area contributed by atoms with Gasteiger partial charge in [-0.1, -0.05) is 18.2 Å². The second-order valence-corrected chi connectivity index (χ2v) is 4.31. The van der Waals surface area contributed by atoms with Crippen molar-refractivity contribution < 1.29 is 5.11 Å². The monoisotopic (exact) mass is 199 g/mol. The summed E-state index contributed by atoms with van der Waals surface area (Å²) in [5.41, 5.74) is 3.09. The van der Waals surface area contributed by atoms with Crippen LogP contribution in [-0.4, -0.2) is 10.1 Å². The first-order valence-electron chi connectivity index (χ1n) is 5.35. The minimum atomic E-state index is 0.357. The zero-order chi connectivity index (χ0) is 10.4. The van der Waals surface area contributed by atoms with Crippen molar-refractivity contribution in [1.29, 1.82) is 0 Å². The molecule has 0 aliphatic heterocycles. The Balaban J connectivity index is 2.30. The van der Waals surface area contributed by atoms with Crippen molar-refractivity contribution in [2.75, 3.05) is 0 Å². The summed E-state index contributed by atoms with van der Waals surface area (Å²) in [6.45, 7) is 2.06. The highest BCUT2D eigenvalue weighted by Crippen LogP contribution is 2.43. The highest BCUT2D eigenvalue weighted by Gasteiger charge is 2.28. The number of para-hydroxylation sites is 1. The summed E-state index contributed by atoms with van der Waals surface area (Å²) in [4.78, 5) is 4.59. The van der Waals surface area contributed by atoms with Gasteiger partial charge in [-0.2, -0.15) is 0 Å². The molecule has 1 N–H and O–H groups in total. The Bertz CT molecular complexity index is 529. The van der Waals surface area contributed by atoms with E-state index in [4.69, 9.17) is 0 Å². The molecule has 0 saturated heterocycles. The zero-order valence-corrected chi connectivity index (χ0v) is 8.70. The van der Waals surface area contributed by atoms with E-state index in [1.165, 1.54) is 5.56 Å². The molecule has 0 atom stereocenters. The van der Waals surface area contributed by atoms with Gasteiger partial charge in [0.2, 0.25) is 0 Å². The zero-order valence-electron chi connectivity index (χ0n) is 8.70. The molecule has 1 aliphatic carbocycles. The van der Waals surface area contributed by atoms with E-state index in [1.54, 1.807) is 0 Å². The lowest BCUT2D eigenvalue weighted by Crippen LogP contribution is -1.90. The number of nitrogens with zero attached hydrogens (tertiary/aromatic N) is 1. The van der Waals surface area contributed by atoms with Crippen molar-refractivity contribution >= 4 is 10.9 Å². The number of aromatic nitrogens is 1. The summed E-state index contributed by atoms with van der Waals surface area (Å²) in [6, 6.07) is 7.88. The summed E-state index contributed by atoms with van der Waals surface area (Å²) in [6.07, 6.45) is 2.33. The van der Waals surface area contributed by atoms with Crippen LogP contribution in [0.15, 0.2) is 24.3 Å². The van der Waals surface area contributed by atoms with Crippen LogP contribution < -0.4 is 0 Å².